The summed E-state index contributed by atoms with van der Waals surface area (Å²) in [6.45, 7) is 3.51. The molecule has 3 nitrogen and oxygen atoms in total. The van der Waals surface area contributed by atoms with Crippen LogP contribution in [0.2, 0.25) is 0 Å². The average Bonchev–Trinajstić information content (AvgIpc) is 2.26. The molecule has 3 atom stereocenters. The van der Waals surface area contributed by atoms with Crippen LogP contribution in [0.1, 0.15) is 46.0 Å². The van der Waals surface area contributed by atoms with Crippen molar-refractivity contribution in [2.24, 2.45) is 5.92 Å². The van der Waals surface area contributed by atoms with Gasteiger partial charge in [0.25, 0.3) is 0 Å². The fourth-order valence-corrected chi connectivity index (χ4v) is 2.03. The van der Waals surface area contributed by atoms with Crippen LogP contribution in [0.5, 0.6) is 0 Å². The molecule has 3 heteroatoms. The van der Waals surface area contributed by atoms with E-state index in [-0.39, 0.29) is 12.2 Å². The second kappa shape index (κ2) is 6.09. The Kier molecular flexibility index (Phi) is 5.07. The number of aliphatic hydroxyl groups is 1. The first-order valence-corrected chi connectivity index (χ1v) is 5.88. The van der Waals surface area contributed by atoms with Crippen molar-refractivity contribution in [1.29, 1.82) is 5.26 Å². The SMILES string of the molecule is C[C@@H](O)[C@@H](C)O[C@@H](C#N)C1CCCCC1. The lowest BCUT2D eigenvalue weighted by Crippen LogP contribution is -2.33. The number of ether oxygens (including phenoxy) is 1. The van der Waals surface area contributed by atoms with Gasteiger partial charge in [-0.25, -0.2) is 0 Å². The molecule has 0 aliphatic heterocycles. The molecule has 0 radical (unpaired) electrons. The molecule has 15 heavy (non-hydrogen) atoms. The first-order chi connectivity index (χ1) is 7.15. The summed E-state index contributed by atoms with van der Waals surface area (Å²) in [5.41, 5.74) is 0. The zero-order valence-electron chi connectivity index (χ0n) is 9.65. The monoisotopic (exact) mass is 211 g/mol. The lowest BCUT2D eigenvalue weighted by molar-refractivity contribution is -0.0645. The van der Waals surface area contributed by atoms with Gasteiger partial charge >= 0.3 is 0 Å². The smallest absolute Gasteiger partial charge is 0.147 e. The maximum atomic E-state index is 9.33. The molecule has 86 valence electrons. The Labute approximate surface area is 92.0 Å². The van der Waals surface area contributed by atoms with Crippen LogP contribution in [0.3, 0.4) is 0 Å². The number of hydrogen-bond acceptors (Lipinski definition) is 3. The van der Waals surface area contributed by atoms with Crippen LogP contribution in [-0.2, 0) is 4.74 Å². The van der Waals surface area contributed by atoms with E-state index in [1.165, 1.54) is 19.3 Å². The van der Waals surface area contributed by atoms with Crippen molar-refractivity contribution in [3.05, 3.63) is 0 Å². The van der Waals surface area contributed by atoms with Crippen molar-refractivity contribution in [3.63, 3.8) is 0 Å². The van der Waals surface area contributed by atoms with Crippen LogP contribution < -0.4 is 0 Å². The van der Waals surface area contributed by atoms with Crippen LogP contribution in [-0.4, -0.2) is 23.4 Å². The van der Waals surface area contributed by atoms with Crippen molar-refractivity contribution >= 4 is 0 Å². The lowest BCUT2D eigenvalue weighted by Gasteiger charge is -2.28. The normalized spacial score (nSPS) is 24.1. The average molecular weight is 211 g/mol. The van der Waals surface area contributed by atoms with Gasteiger partial charge in [0.1, 0.15) is 6.10 Å². The molecule has 0 aromatic rings. The molecule has 1 aliphatic rings. The highest BCUT2D eigenvalue weighted by atomic mass is 16.5. The summed E-state index contributed by atoms with van der Waals surface area (Å²) < 4.78 is 5.59. The van der Waals surface area contributed by atoms with E-state index in [2.05, 4.69) is 6.07 Å². The maximum absolute atomic E-state index is 9.33. The molecule has 1 rings (SSSR count). The third-order valence-corrected chi connectivity index (χ3v) is 3.25. The summed E-state index contributed by atoms with van der Waals surface area (Å²) in [4.78, 5) is 0. The first kappa shape index (κ1) is 12.5. The third-order valence-electron chi connectivity index (χ3n) is 3.25. The molecular weight excluding hydrogens is 190 g/mol. The Balaban J connectivity index is 2.44. The van der Waals surface area contributed by atoms with Gasteiger partial charge in [0.15, 0.2) is 0 Å². The van der Waals surface area contributed by atoms with Crippen LogP contribution in [0.25, 0.3) is 0 Å². The molecule has 0 unspecified atom stereocenters. The van der Waals surface area contributed by atoms with Gasteiger partial charge in [-0.3, -0.25) is 0 Å². The van der Waals surface area contributed by atoms with Gasteiger partial charge in [0, 0.05) is 0 Å². The van der Waals surface area contributed by atoms with Crippen LogP contribution in [0.4, 0.5) is 0 Å². The Morgan fingerprint density at radius 1 is 1.27 bits per heavy atom. The zero-order valence-corrected chi connectivity index (χ0v) is 9.65. The number of aliphatic hydroxyl groups excluding tert-OH is 1. The van der Waals surface area contributed by atoms with Gasteiger partial charge in [-0.05, 0) is 32.6 Å². The van der Waals surface area contributed by atoms with Gasteiger partial charge in [0.2, 0.25) is 0 Å². The molecule has 0 saturated heterocycles. The molecule has 1 saturated carbocycles. The van der Waals surface area contributed by atoms with Crippen molar-refractivity contribution in [3.8, 4) is 6.07 Å². The first-order valence-electron chi connectivity index (χ1n) is 5.88. The van der Waals surface area contributed by atoms with E-state index in [9.17, 15) is 5.11 Å². The second-order valence-corrected chi connectivity index (χ2v) is 4.53. The van der Waals surface area contributed by atoms with E-state index in [0.29, 0.717) is 5.92 Å². The molecule has 1 fully saturated rings. The van der Waals surface area contributed by atoms with Crippen molar-refractivity contribution in [1.82, 2.24) is 0 Å². The fourth-order valence-electron chi connectivity index (χ4n) is 2.03. The topological polar surface area (TPSA) is 53.2 Å². The summed E-state index contributed by atoms with van der Waals surface area (Å²) in [6.07, 6.45) is 4.76. The summed E-state index contributed by atoms with van der Waals surface area (Å²) in [7, 11) is 0. The van der Waals surface area contributed by atoms with Gasteiger partial charge in [-0.1, -0.05) is 19.3 Å². The predicted octanol–water partition coefficient (Wildman–Crippen LogP) is 2.24. The highest BCUT2D eigenvalue weighted by Crippen LogP contribution is 2.28. The Bertz CT molecular complexity index is 216. The number of nitriles is 1. The summed E-state index contributed by atoms with van der Waals surface area (Å²) in [5.74, 6) is 0.366. The van der Waals surface area contributed by atoms with Crippen molar-refractivity contribution in [2.75, 3.05) is 0 Å². The van der Waals surface area contributed by atoms with E-state index in [1.54, 1.807) is 6.92 Å². The third kappa shape index (κ3) is 3.81. The minimum absolute atomic E-state index is 0.253. The Morgan fingerprint density at radius 2 is 1.87 bits per heavy atom. The molecule has 1 aliphatic carbocycles. The van der Waals surface area contributed by atoms with Crippen LogP contribution in [0, 0.1) is 17.2 Å². The van der Waals surface area contributed by atoms with Crippen molar-refractivity contribution < 1.29 is 9.84 Å². The predicted molar refractivity (Wildman–Crippen MR) is 58.2 cm³/mol. The number of hydrogen-bond donors (Lipinski definition) is 1. The van der Waals surface area contributed by atoms with E-state index < -0.39 is 6.10 Å². The maximum Gasteiger partial charge on any atom is 0.147 e. The summed E-state index contributed by atoms with van der Waals surface area (Å²) >= 11 is 0. The van der Waals surface area contributed by atoms with Crippen molar-refractivity contribution in [2.45, 2.75) is 64.3 Å². The summed E-state index contributed by atoms with van der Waals surface area (Å²) in [5, 5.41) is 18.4. The van der Waals surface area contributed by atoms with E-state index in [0.717, 1.165) is 12.8 Å². The van der Waals surface area contributed by atoms with E-state index in [1.807, 2.05) is 6.92 Å². The van der Waals surface area contributed by atoms with Crippen LogP contribution in [0.15, 0.2) is 0 Å². The minimum atomic E-state index is -0.510. The number of nitrogens with zero attached hydrogens (tertiary/aromatic N) is 1. The van der Waals surface area contributed by atoms with E-state index in [4.69, 9.17) is 10.00 Å². The van der Waals surface area contributed by atoms with E-state index >= 15 is 0 Å². The molecule has 0 bridgehead atoms. The van der Waals surface area contributed by atoms with Gasteiger partial charge in [0.05, 0.1) is 18.3 Å². The zero-order chi connectivity index (χ0) is 11.3. The summed E-state index contributed by atoms with van der Waals surface area (Å²) in [6, 6.07) is 2.22. The highest BCUT2D eigenvalue weighted by molar-refractivity contribution is 4.91. The fraction of sp³-hybridized carbons (Fsp3) is 0.917. The molecule has 1 N–H and O–H groups in total. The number of rotatable bonds is 4. The molecular formula is C12H21NO2. The Hall–Kier alpha value is -0.590. The van der Waals surface area contributed by atoms with Crippen LogP contribution >= 0.6 is 0 Å². The lowest BCUT2D eigenvalue weighted by atomic mass is 9.85. The largest absolute Gasteiger partial charge is 0.391 e. The molecule has 0 aromatic carbocycles. The molecule has 0 spiro atoms. The minimum Gasteiger partial charge on any atom is -0.391 e. The van der Waals surface area contributed by atoms with Gasteiger partial charge in [-0.15, -0.1) is 0 Å². The second-order valence-electron chi connectivity index (χ2n) is 4.53. The molecule has 0 amide bonds. The van der Waals surface area contributed by atoms with Gasteiger partial charge < -0.3 is 9.84 Å². The Morgan fingerprint density at radius 3 is 2.33 bits per heavy atom. The highest BCUT2D eigenvalue weighted by Gasteiger charge is 2.26. The standard InChI is InChI=1S/C12H21NO2/c1-9(14)10(2)15-12(8-13)11-6-4-3-5-7-11/h9-12,14H,3-7H2,1-2H3/t9-,10-,12+/m1/s1. The quantitative estimate of drug-likeness (QED) is 0.776. The van der Waals surface area contributed by atoms with Gasteiger partial charge in [-0.2, -0.15) is 5.26 Å². The molecule has 0 aromatic heterocycles. The molecule has 0 heterocycles.